The Balaban J connectivity index is 2.58. The normalized spacial score (nSPS) is 32.6. The first kappa shape index (κ1) is 7.73. The molecule has 1 saturated heterocycles. The smallest absolute Gasteiger partial charge is 0.164 e. The summed E-state index contributed by atoms with van der Waals surface area (Å²) in [6.45, 7) is 4.53. The molecular weight excluding hydrogens is 128 g/mol. The van der Waals surface area contributed by atoms with Crippen LogP contribution in [-0.4, -0.2) is 18.0 Å². The van der Waals surface area contributed by atoms with Crippen LogP contribution in [0.5, 0.6) is 0 Å². The Bertz CT molecular complexity index is 134. The SMILES string of the molecule is CCC(=O)C1(C)CCCO1. The lowest BCUT2D eigenvalue weighted by Crippen LogP contribution is -2.33. The number of rotatable bonds is 2. The molecular formula is C8H14O2. The quantitative estimate of drug-likeness (QED) is 0.584. The second kappa shape index (κ2) is 2.70. The fraction of sp³-hybridized carbons (Fsp3) is 0.875. The minimum atomic E-state index is -0.436. The van der Waals surface area contributed by atoms with Gasteiger partial charge in [0.15, 0.2) is 5.78 Å². The summed E-state index contributed by atoms with van der Waals surface area (Å²) in [4.78, 5) is 11.2. The zero-order chi connectivity index (χ0) is 7.61. The second-order valence-electron chi connectivity index (χ2n) is 2.96. The van der Waals surface area contributed by atoms with Gasteiger partial charge in [-0.05, 0) is 19.8 Å². The summed E-state index contributed by atoms with van der Waals surface area (Å²) in [6.07, 6.45) is 2.53. The molecule has 1 unspecified atom stereocenters. The Morgan fingerprint density at radius 3 is 2.80 bits per heavy atom. The van der Waals surface area contributed by atoms with E-state index in [0.717, 1.165) is 19.4 Å². The molecule has 0 saturated carbocycles. The molecule has 0 aliphatic carbocycles. The minimum absolute atomic E-state index is 0.241. The van der Waals surface area contributed by atoms with Crippen LogP contribution in [0.1, 0.15) is 33.1 Å². The molecule has 0 bridgehead atoms. The van der Waals surface area contributed by atoms with E-state index in [0.29, 0.717) is 6.42 Å². The molecule has 1 fully saturated rings. The molecule has 0 radical (unpaired) electrons. The maximum atomic E-state index is 11.2. The highest BCUT2D eigenvalue weighted by molar-refractivity contribution is 5.86. The number of ether oxygens (including phenoxy) is 1. The van der Waals surface area contributed by atoms with Gasteiger partial charge in [-0.15, -0.1) is 0 Å². The molecule has 0 aromatic carbocycles. The van der Waals surface area contributed by atoms with Crippen molar-refractivity contribution in [2.24, 2.45) is 0 Å². The third-order valence-electron chi connectivity index (χ3n) is 2.13. The van der Waals surface area contributed by atoms with Crippen molar-refractivity contribution < 1.29 is 9.53 Å². The van der Waals surface area contributed by atoms with Gasteiger partial charge in [-0.2, -0.15) is 0 Å². The summed E-state index contributed by atoms with van der Waals surface area (Å²) in [5, 5.41) is 0. The molecule has 10 heavy (non-hydrogen) atoms. The van der Waals surface area contributed by atoms with E-state index in [2.05, 4.69) is 0 Å². The minimum Gasteiger partial charge on any atom is -0.368 e. The van der Waals surface area contributed by atoms with Gasteiger partial charge in [0.1, 0.15) is 5.60 Å². The van der Waals surface area contributed by atoms with Crippen LogP contribution in [0.2, 0.25) is 0 Å². The zero-order valence-corrected chi connectivity index (χ0v) is 6.64. The molecule has 2 nitrogen and oxygen atoms in total. The van der Waals surface area contributed by atoms with Crippen molar-refractivity contribution in [3.05, 3.63) is 0 Å². The van der Waals surface area contributed by atoms with Gasteiger partial charge in [0.05, 0.1) is 0 Å². The summed E-state index contributed by atoms with van der Waals surface area (Å²) < 4.78 is 5.34. The Labute approximate surface area is 61.6 Å². The molecule has 0 spiro atoms. The Hall–Kier alpha value is -0.370. The predicted molar refractivity (Wildman–Crippen MR) is 38.9 cm³/mol. The van der Waals surface area contributed by atoms with E-state index in [1.165, 1.54) is 0 Å². The van der Waals surface area contributed by atoms with Crippen LogP contribution in [0.4, 0.5) is 0 Å². The predicted octanol–water partition coefficient (Wildman–Crippen LogP) is 1.53. The van der Waals surface area contributed by atoms with E-state index in [4.69, 9.17) is 4.74 Å². The van der Waals surface area contributed by atoms with Crippen molar-refractivity contribution in [2.45, 2.75) is 38.7 Å². The van der Waals surface area contributed by atoms with Crippen LogP contribution in [0.25, 0.3) is 0 Å². The molecule has 1 atom stereocenters. The number of carbonyl (C=O) groups excluding carboxylic acids is 1. The monoisotopic (exact) mass is 142 g/mol. The number of hydrogen-bond donors (Lipinski definition) is 0. The number of carbonyl (C=O) groups is 1. The van der Waals surface area contributed by atoms with Crippen molar-refractivity contribution in [1.29, 1.82) is 0 Å². The molecule has 1 heterocycles. The van der Waals surface area contributed by atoms with Gasteiger partial charge in [0, 0.05) is 13.0 Å². The molecule has 1 rings (SSSR count). The van der Waals surface area contributed by atoms with Crippen molar-refractivity contribution in [1.82, 2.24) is 0 Å². The highest BCUT2D eigenvalue weighted by Crippen LogP contribution is 2.26. The number of ketones is 1. The molecule has 1 aliphatic rings. The summed E-state index contributed by atoms with van der Waals surface area (Å²) in [6, 6.07) is 0. The first-order valence-electron chi connectivity index (χ1n) is 3.86. The maximum absolute atomic E-state index is 11.2. The maximum Gasteiger partial charge on any atom is 0.164 e. The first-order valence-corrected chi connectivity index (χ1v) is 3.86. The molecule has 0 aromatic heterocycles. The van der Waals surface area contributed by atoms with Crippen LogP contribution >= 0.6 is 0 Å². The molecule has 1 aliphatic heterocycles. The molecule has 0 amide bonds. The van der Waals surface area contributed by atoms with Crippen molar-refractivity contribution in [3.8, 4) is 0 Å². The van der Waals surface area contributed by atoms with Gasteiger partial charge in [0.2, 0.25) is 0 Å². The summed E-state index contributed by atoms with van der Waals surface area (Å²) in [7, 11) is 0. The lowest BCUT2D eigenvalue weighted by atomic mass is 9.96. The van der Waals surface area contributed by atoms with E-state index >= 15 is 0 Å². The largest absolute Gasteiger partial charge is 0.368 e. The average Bonchev–Trinajstić information content (AvgIpc) is 2.36. The van der Waals surface area contributed by atoms with Crippen LogP contribution in [0, 0.1) is 0 Å². The Morgan fingerprint density at radius 1 is 1.70 bits per heavy atom. The van der Waals surface area contributed by atoms with Crippen LogP contribution < -0.4 is 0 Å². The van der Waals surface area contributed by atoms with Gasteiger partial charge >= 0.3 is 0 Å². The van der Waals surface area contributed by atoms with Crippen LogP contribution in [0.15, 0.2) is 0 Å². The fourth-order valence-corrected chi connectivity index (χ4v) is 1.37. The van der Waals surface area contributed by atoms with E-state index < -0.39 is 5.60 Å². The zero-order valence-electron chi connectivity index (χ0n) is 6.64. The molecule has 0 N–H and O–H groups in total. The second-order valence-corrected chi connectivity index (χ2v) is 2.96. The van der Waals surface area contributed by atoms with Gasteiger partial charge in [-0.1, -0.05) is 6.92 Å². The topological polar surface area (TPSA) is 26.3 Å². The third-order valence-corrected chi connectivity index (χ3v) is 2.13. The van der Waals surface area contributed by atoms with E-state index in [1.54, 1.807) is 0 Å². The number of hydrogen-bond acceptors (Lipinski definition) is 2. The summed E-state index contributed by atoms with van der Waals surface area (Å²) >= 11 is 0. The van der Waals surface area contributed by atoms with Crippen molar-refractivity contribution in [2.75, 3.05) is 6.61 Å². The van der Waals surface area contributed by atoms with Gasteiger partial charge in [-0.3, -0.25) is 4.79 Å². The number of Topliss-reactive ketones (excluding diaryl/α,β-unsaturated/α-hetero) is 1. The van der Waals surface area contributed by atoms with Gasteiger partial charge in [0.25, 0.3) is 0 Å². The Kier molecular flexibility index (Phi) is 2.09. The van der Waals surface area contributed by atoms with Crippen molar-refractivity contribution in [3.63, 3.8) is 0 Å². The third kappa shape index (κ3) is 1.21. The van der Waals surface area contributed by atoms with Crippen LogP contribution in [-0.2, 0) is 9.53 Å². The van der Waals surface area contributed by atoms with Crippen molar-refractivity contribution >= 4 is 5.78 Å². The molecule has 0 aromatic rings. The summed E-state index contributed by atoms with van der Waals surface area (Å²) in [5.41, 5.74) is -0.436. The highest BCUT2D eigenvalue weighted by Gasteiger charge is 2.35. The van der Waals surface area contributed by atoms with E-state index in [9.17, 15) is 4.79 Å². The lowest BCUT2D eigenvalue weighted by Gasteiger charge is -2.19. The van der Waals surface area contributed by atoms with Crippen LogP contribution in [0.3, 0.4) is 0 Å². The summed E-state index contributed by atoms with van der Waals surface area (Å²) in [5.74, 6) is 0.241. The van der Waals surface area contributed by atoms with Gasteiger partial charge in [-0.25, -0.2) is 0 Å². The highest BCUT2D eigenvalue weighted by atomic mass is 16.5. The average molecular weight is 142 g/mol. The van der Waals surface area contributed by atoms with E-state index in [1.807, 2.05) is 13.8 Å². The first-order chi connectivity index (χ1) is 4.69. The van der Waals surface area contributed by atoms with Gasteiger partial charge < -0.3 is 4.74 Å². The molecule has 58 valence electrons. The lowest BCUT2D eigenvalue weighted by molar-refractivity contribution is -0.136. The molecule has 2 heteroatoms. The Morgan fingerprint density at radius 2 is 2.40 bits per heavy atom. The van der Waals surface area contributed by atoms with E-state index in [-0.39, 0.29) is 5.78 Å². The fourth-order valence-electron chi connectivity index (χ4n) is 1.37. The standard InChI is InChI=1S/C8H14O2/c1-3-7(9)8(2)5-4-6-10-8/h3-6H2,1-2H3.